The van der Waals surface area contributed by atoms with E-state index in [0.717, 1.165) is 38.0 Å². The molecule has 0 bridgehead atoms. The summed E-state index contributed by atoms with van der Waals surface area (Å²) in [6.07, 6.45) is 5.07. The van der Waals surface area contributed by atoms with Gasteiger partial charge in [0.1, 0.15) is 0 Å². The van der Waals surface area contributed by atoms with Gasteiger partial charge >= 0.3 is 0 Å². The molecule has 0 spiro atoms. The van der Waals surface area contributed by atoms with Crippen molar-refractivity contribution in [3.63, 3.8) is 0 Å². The van der Waals surface area contributed by atoms with Crippen molar-refractivity contribution >= 4 is 11.4 Å². The van der Waals surface area contributed by atoms with Crippen molar-refractivity contribution in [3.05, 3.63) is 59.2 Å². The molecule has 0 radical (unpaired) electrons. The third kappa shape index (κ3) is 3.13. The Labute approximate surface area is 144 Å². The number of fused-ring (bicyclic) bond motifs is 2. The zero-order valence-electron chi connectivity index (χ0n) is 14.2. The number of nitrogens with one attached hydrogen (secondary N) is 1. The number of anilines is 2. The summed E-state index contributed by atoms with van der Waals surface area (Å²) < 4.78 is 0. The molecule has 24 heavy (non-hydrogen) atoms. The van der Waals surface area contributed by atoms with E-state index in [4.69, 9.17) is 0 Å². The molecule has 2 N–H and O–H groups in total. The van der Waals surface area contributed by atoms with Crippen LogP contribution in [0.15, 0.2) is 42.5 Å². The molecular weight excluding hydrogens is 296 g/mol. The maximum absolute atomic E-state index is 10.7. The first-order chi connectivity index (χ1) is 11.8. The van der Waals surface area contributed by atoms with Crippen molar-refractivity contribution in [2.24, 2.45) is 0 Å². The summed E-state index contributed by atoms with van der Waals surface area (Å²) in [6.45, 7) is 3.06. The zero-order chi connectivity index (χ0) is 16.4. The van der Waals surface area contributed by atoms with Gasteiger partial charge in [-0.05, 0) is 60.9 Å². The molecule has 0 fully saturated rings. The lowest BCUT2D eigenvalue weighted by Crippen LogP contribution is -2.31. The highest BCUT2D eigenvalue weighted by molar-refractivity contribution is 5.56. The molecule has 1 unspecified atom stereocenters. The predicted octanol–water partition coefficient (Wildman–Crippen LogP) is 3.92. The molecule has 3 nitrogen and oxygen atoms in total. The van der Waals surface area contributed by atoms with Gasteiger partial charge in [0.05, 0.1) is 6.10 Å². The van der Waals surface area contributed by atoms with Crippen LogP contribution in [0.4, 0.5) is 11.4 Å². The Hall–Kier alpha value is -2.00. The van der Waals surface area contributed by atoms with Gasteiger partial charge in [0.25, 0.3) is 0 Å². The van der Waals surface area contributed by atoms with Crippen molar-refractivity contribution in [2.45, 2.75) is 38.2 Å². The van der Waals surface area contributed by atoms with E-state index in [2.05, 4.69) is 52.7 Å². The fourth-order valence-corrected chi connectivity index (χ4v) is 3.99. The van der Waals surface area contributed by atoms with Crippen LogP contribution in [-0.4, -0.2) is 24.7 Å². The maximum Gasteiger partial charge on any atom is 0.0807 e. The number of nitrogens with zero attached hydrogens (tertiary/aromatic N) is 1. The van der Waals surface area contributed by atoms with Gasteiger partial charge in [-0.15, -0.1) is 0 Å². The number of aliphatic hydroxyl groups excluding tert-OH is 1. The molecule has 1 atom stereocenters. The van der Waals surface area contributed by atoms with E-state index in [1.54, 1.807) is 0 Å². The molecule has 2 aromatic carbocycles. The number of benzene rings is 2. The van der Waals surface area contributed by atoms with Crippen molar-refractivity contribution in [3.8, 4) is 0 Å². The van der Waals surface area contributed by atoms with E-state index in [1.165, 1.54) is 41.8 Å². The van der Waals surface area contributed by atoms with Gasteiger partial charge in [-0.1, -0.05) is 30.3 Å². The first-order valence-electron chi connectivity index (χ1n) is 9.19. The number of hydrogen-bond donors (Lipinski definition) is 2. The molecule has 126 valence electrons. The van der Waals surface area contributed by atoms with Gasteiger partial charge in [-0.3, -0.25) is 0 Å². The second-order valence-electron chi connectivity index (χ2n) is 6.97. The second kappa shape index (κ2) is 6.86. The van der Waals surface area contributed by atoms with Crippen LogP contribution < -0.4 is 10.2 Å². The lowest BCUT2D eigenvalue weighted by atomic mass is 9.97. The highest BCUT2D eigenvalue weighted by atomic mass is 16.3. The maximum atomic E-state index is 10.7. The van der Waals surface area contributed by atoms with E-state index in [1.807, 2.05) is 0 Å². The van der Waals surface area contributed by atoms with Crippen molar-refractivity contribution in [1.82, 2.24) is 0 Å². The molecule has 0 amide bonds. The Balaban J connectivity index is 1.43. The minimum absolute atomic E-state index is 0.383. The highest BCUT2D eigenvalue weighted by Gasteiger charge is 2.18. The quantitative estimate of drug-likeness (QED) is 0.895. The van der Waals surface area contributed by atoms with E-state index >= 15 is 0 Å². The monoisotopic (exact) mass is 322 g/mol. The summed E-state index contributed by atoms with van der Waals surface area (Å²) in [7, 11) is 0. The second-order valence-corrected chi connectivity index (χ2v) is 6.97. The fourth-order valence-electron chi connectivity index (χ4n) is 3.99. The summed E-state index contributed by atoms with van der Waals surface area (Å²) in [4.78, 5) is 2.43. The average Bonchev–Trinajstić information content (AvgIpc) is 2.65. The lowest BCUT2D eigenvalue weighted by molar-refractivity contribution is 0.169. The van der Waals surface area contributed by atoms with Gasteiger partial charge < -0.3 is 15.3 Å². The van der Waals surface area contributed by atoms with Gasteiger partial charge in [0.15, 0.2) is 0 Å². The molecule has 3 heteroatoms. The third-order valence-corrected chi connectivity index (χ3v) is 5.33. The summed E-state index contributed by atoms with van der Waals surface area (Å²) in [5.41, 5.74) is 6.44. The molecule has 2 aliphatic heterocycles. The number of rotatable bonds is 4. The number of aliphatic hydroxyl groups is 1. The van der Waals surface area contributed by atoms with Crippen LogP contribution in [0, 0.1) is 0 Å². The van der Waals surface area contributed by atoms with Crippen LogP contribution >= 0.6 is 0 Å². The first kappa shape index (κ1) is 15.5. The molecule has 2 heterocycles. The lowest BCUT2D eigenvalue weighted by Gasteiger charge is -2.32. The molecular formula is C21H26N2O. The summed E-state index contributed by atoms with van der Waals surface area (Å²) in [5, 5.41) is 14.1. The van der Waals surface area contributed by atoms with E-state index in [9.17, 15) is 5.11 Å². The molecule has 4 rings (SSSR count). The van der Waals surface area contributed by atoms with E-state index in [0.29, 0.717) is 0 Å². The van der Waals surface area contributed by atoms with Crippen molar-refractivity contribution < 1.29 is 5.11 Å². The molecule has 0 saturated heterocycles. The van der Waals surface area contributed by atoms with Crippen LogP contribution in [0.2, 0.25) is 0 Å². The van der Waals surface area contributed by atoms with Crippen LogP contribution in [0.5, 0.6) is 0 Å². The predicted molar refractivity (Wildman–Crippen MR) is 99.8 cm³/mol. The zero-order valence-corrected chi connectivity index (χ0v) is 14.2. The topological polar surface area (TPSA) is 35.5 Å². The smallest absolute Gasteiger partial charge is 0.0807 e. The van der Waals surface area contributed by atoms with Crippen LogP contribution in [0.3, 0.4) is 0 Å². The Morgan fingerprint density at radius 1 is 1.04 bits per heavy atom. The van der Waals surface area contributed by atoms with Gasteiger partial charge in [-0.25, -0.2) is 0 Å². The SMILES string of the molecule is OC(CCN1CCCc2ccccc21)c1ccc2c(c1)CCCN2. The Kier molecular flexibility index (Phi) is 4.44. The molecule has 0 aliphatic carbocycles. The number of aryl methyl sites for hydroxylation is 2. The Morgan fingerprint density at radius 3 is 2.88 bits per heavy atom. The van der Waals surface area contributed by atoms with Crippen LogP contribution in [0.1, 0.15) is 42.1 Å². The number of para-hydroxylation sites is 1. The largest absolute Gasteiger partial charge is 0.388 e. The third-order valence-electron chi connectivity index (χ3n) is 5.33. The number of hydrogen-bond acceptors (Lipinski definition) is 3. The van der Waals surface area contributed by atoms with Gasteiger partial charge in [0.2, 0.25) is 0 Å². The minimum atomic E-state index is -0.383. The molecule has 0 aromatic heterocycles. The first-order valence-corrected chi connectivity index (χ1v) is 9.19. The average molecular weight is 322 g/mol. The van der Waals surface area contributed by atoms with Gasteiger partial charge in [0, 0.05) is 31.0 Å². The van der Waals surface area contributed by atoms with E-state index in [-0.39, 0.29) is 6.10 Å². The van der Waals surface area contributed by atoms with Crippen molar-refractivity contribution in [1.29, 1.82) is 0 Å². The Morgan fingerprint density at radius 2 is 1.92 bits per heavy atom. The normalized spacial score (nSPS) is 17.6. The Bertz CT molecular complexity index is 713. The summed E-state index contributed by atoms with van der Waals surface area (Å²) >= 11 is 0. The molecule has 0 saturated carbocycles. The minimum Gasteiger partial charge on any atom is -0.388 e. The van der Waals surface area contributed by atoms with E-state index < -0.39 is 0 Å². The highest BCUT2D eigenvalue weighted by Crippen LogP contribution is 2.30. The molecule has 2 aromatic rings. The van der Waals surface area contributed by atoms with Crippen molar-refractivity contribution in [2.75, 3.05) is 29.9 Å². The van der Waals surface area contributed by atoms with Crippen LogP contribution in [0.25, 0.3) is 0 Å². The fraction of sp³-hybridized carbons (Fsp3) is 0.429. The van der Waals surface area contributed by atoms with Crippen LogP contribution in [-0.2, 0) is 12.8 Å². The summed E-state index contributed by atoms with van der Waals surface area (Å²) in [5.74, 6) is 0. The summed E-state index contributed by atoms with van der Waals surface area (Å²) in [6, 6.07) is 15.1. The standard InChI is InChI=1S/C21H26N2O/c24-21(18-9-10-19-17(15-18)6-3-12-22-19)11-14-23-13-4-7-16-5-1-2-8-20(16)23/h1-2,5,8-10,15,21-22,24H,3-4,6-7,11-14H2. The molecule has 2 aliphatic rings. The van der Waals surface area contributed by atoms with Gasteiger partial charge in [-0.2, -0.15) is 0 Å².